The Morgan fingerprint density at radius 1 is 1.35 bits per heavy atom. The highest BCUT2D eigenvalue weighted by Crippen LogP contribution is 2.25. The molecule has 0 amide bonds. The summed E-state index contributed by atoms with van der Waals surface area (Å²) in [5.74, 6) is 1.11. The number of aromatic nitrogens is 1. The van der Waals surface area contributed by atoms with Crippen LogP contribution in [-0.4, -0.2) is 4.98 Å². The van der Waals surface area contributed by atoms with Crippen LogP contribution in [0.2, 0.25) is 0 Å². The molecule has 0 bridgehead atoms. The molecule has 84 valence electrons. The topological polar surface area (TPSA) is 71.9 Å². The summed E-state index contributed by atoms with van der Waals surface area (Å²) in [4.78, 5) is 3.94. The molecule has 0 unspecified atom stereocenters. The van der Waals surface area contributed by atoms with Gasteiger partial charge in [-0.05, 0) is 29.8 Å². The fraction of sp³-hybridized carbons (Fsp3) is 0.0769. The second-order valence-corrected chi connectivity index (χ2v) is 3.44. The molecule has 4 heteroatoms. The van der Waals surface area contributed by atoms with Crippen LogP contribution in [0.15, 0.2) is 42.7 Å². The van der Waals surface area contributed by atoms with E-state index in [0.29, 0.717) is 23.6 Å². The normalized spacial score (nSPS) is 9.65. The summed E-state index contributed by atoms with van der Waals surface area (Å²) in [5, 5.41) is 9.03. The molecule has 4 nitrogen and oxygen atoms in total. The van der Waals surface area contributed by atoms with E-state index in [1.165, 1.54) is 0 Å². The first-order valence-electron chi connectivity index (χ1n) is 5.14. The van der Waals surface area contributed by atoms with Gasteiger partial charge in [0.1, 0.15) is 17.6 Å². The highest BCUT2D eigenvalue weighted by molar-refractivity contribution is 5.47. The number of pyridine rings is 1. The Labute approximate surface area is 99.3 Å². The van der Waals surface area contributed by atoms with Crippen LogP contribution >= 0.6 is 0 Å². The Hall–Kier alpha value is -2.38. The van der Waals surface area contributed by atoms with Gasteiger partial charge in [0.25, 0.3) is 0 Å². The van der Waals surface area contributed by atoms with Gasteiger partial charge in [-0.2, -0.15) is 5.26 Å². The van der Waals surface area contributed by atoms with Gasteiger partial charge in [-0.1, -0.05) is 6.07 Å². The molecule has 17 heavy (non-hydrogen) atoms. The first kappa shape index (κ1) is 11.1. The van der Waals surface area contributed by atoms with Crippen molar-refractivity contribution in [2.24, 2.45) is 5.73 Å². The minimum atomic E-state index is 0.405. The van der Waals surface area contributed by atoms with E-state index >= 15 is 0 Å². The van der Waals surface area contributed by atoms with Gasteiger partial charge in [-0.25, -0.2) is 0 Å². The predicted molar refractivity (Wildman–Crippen MR) is 63.4 cm³/mol. The van der Waals surface area contributed by atoms with Gasteiger partial charge in [0, 0.05) is 12.7 Å². The highest BCUT2D eigenvalue weighted by Gasteiger charge is 2.05. The smallest absolute Gasteiger partial charge is 0.145 e. The van der Waals surface area contributed by atoms with Crippen molar-refractivity contribution in [3.63, 3.8) is 0 Å². The zero-order chi connectivity index (χ0) is 12.1. The lowest BCUT2D eigenvalue weighted by molar-refractivity contribution is 0.478. The van der Waals surface area contributed by atoms with Gasteiger partial charge in [0.05, 0.1) is 11.8 Å². The molecule has 1 heterocycles. The minimum absolute atomic E-state index is 0.405. The first-order valence-corrected chi connectivity index (χ1v) is 5.14. The molecule has 1 aromatic carbocycles. The van der Waals surface area contributed by atoms with Crippen molar-refractivity contribution in [3.8, 4) is 17.6 Å². The second kappa shape index (κ2) is 5.10. The maximum Gasteiger partial charge on any atom is 0.145 e. The van der Waals surface area contributed by atoms with Gasteiger partial charge >= 0.3 is 0 Å². The number of nitrogens with two attached hydrogens (primary N) is 1. The summed E-state index contributed by atoms with van der Waals surface area (Å²) < 4.78 is 5.57. The molecule has 0 spiro atoms. The third-order valence-electron chi connectivity index (χ3n) is 2.26. The van der Waals surface area contributed by atoms with Gasteiger partial charge in [0.2, 0.25) is 0 Å². The van der Waals surface area contributed by atoms with Gasteiger partial charge in [-0.15, -0.1) is 0 Å². The van der Waals surface area contributed by atoms with Gasteiger partial charge < -0.3 is 10.5 Å². The van der Waals surface area contributed by atoms with Crippen molar-refractivity contribution in [2.45, 2.75) is 6.54 Å². The van der Waals surface area contributed by atoms with E-state index in [1.807, 2.05) is 6.07 Å². The summed E-state index contributed by atoms with van der Waals surface area (Å²) in [5.41, 5.74) is 6.89. The summed E-state index contributed by atoms with van der Waals surface area (Å²) >= 11 is 0. The van der Waals surface area contributed by atoms with E-state index in [2.05, 4.69) is 11.1 Å². The number of ether oxygens (including phenoxy) is 1. The molecule has 0 atom stereocenters. The lowest BCUT2D eigenvalue weighted by Gasteiger charge is -2.07. The van der Waals surface area contributed by atoms with Crippen molar-refractivity contribution >= 4 is 0 Å². The van der Waals surface area contributed by atoms with Crippen molar-refractivity contribution in [3.05, 3.63) is 53.9 Å². The Morgan fingerprint density at radius 2 is 2.24 bits per heavy atom. The fourth-order valence-electron chi connectivity index (χ4n) is 1.41. The maximum absolute atomic E-state index is 9.03. The van der Waals surface area contributed by atoms with Gasteiger partial charge in [-0.3, -0.25) is 4.98 Å². The van der Waals surface area contributed by atoms with E-state index in [-0.39, 0.29) is 0 Å². The highest BCUT2D eigenvalue weighted by atomic mass is 16.5. The first-order chi connectivity index (χ1) is 8.33. The molecule has 2 N–H and O–H groups in total. The fourth-order valence-corrected chi connectivity index (χ4v) is 1.41. The molecular weight excluding hydrogens is 214 g/mol. The van der Waals surface area contributed by atoms with Crippen LogP contribution in [0, 0.1) is 11.3 Å². The maximum atomic E-state index is 9.03. The molecule has 2 aromatic rings. The van der Waals surface area contributed by atoms with E-state index in [9.17, 15) is 0 Å². The van der Waals surface area contributed by atoms with Crippen molar-refractivity contribution in [1.82, 2.24) is 4.98 Å². The molecule has 0 fully saturated rings. The summed E-state index contributed by atoms with van der Waals surface area (Å²) in [6.45, 7) is 0.405. The monoisotopic (exact) mass is 225 g/mol. The molecule has 0 radical (unpaired) electrons. The molecule has 0 aliphatic carbocycles. The average molecular weight is 225 g/mol. The quantitative estimate of drug-likeness (QED) is 0.869. The zero-order valence-electron chi connectivity index (χ0n) is 9.13. The van der Waals surface area contributed by atoms with Crippen LogP contribution in [-0.2, 0) is 6.54 Å². The number of nitrogens with zero attached hydrogens (tertiary/aromatic N) is 2. The Balaban J connectivity index is 2.31. The van der Waals surface area contributed by atoms with Crippen LogP contribution in [0.3, 0.4) is 0 Å². The van der Waals surface area contributed by atoms with Crippen LogP contribution in [0.1, 0.15) is 11.1 Å². The lowest BCUT2D eigenvalue weighted by atomic mass is 10.1. The molecule has 0 saturated heterocycles. The molecule has 2 rings (SSSR count). The van der Waals surface area contributed by atoms with E-state index in [4.69, 9.17) is 15.7 Å². The number of hydrogen-bond donors (Lipinski definition) is 1. The zero-order valence-corrected chi connectivity index (χ0v) is 9.13. The number of nitriles is 1. The minimum Gasteiger partial charge on any atom is -0.454 e. The predicted octanol–water partition coefficient (Wildman–Crippen LogP) is 2.20. The van der Waals surface area contributed by atoms with Crippen LogP contribution < -0.4 is 10.5 Å². The summed E-state index contributed by atoms with van der Waals surface area (Å²) in [7, 11) is 0. The largest absolute Gasteiger partial charge is 0.454 e. The summed E-state index contributed by atoms with van der Waals surface area (Å²) in [6.07, 6.45) is 3.26. The standard InChI is InChI=1S/C13H11N3O/c14-7-10-3-4-13(11(6-10)8-15)17-12-2-1-5-16-9-12/h1-6,9H,7,14H2. The van der Waals surface area contributed by atoms with Crippen molar-refractivity contribution in [2.75, 3.05) is 0 Å². The molecule has 0 saturated carbocycles. The van der Waals surface area contributed by atoms with Gasteiger partial charge in [0.15, 0.2) is 0 Å². The van der Waals surface area contributed by atoms with Crippen molar-refractivity contribution in [1.29, 1.82) is 5.26 Å². The van der Waals surface area contributed by atoms with Crippen LogP contribution in [0.4, 0.5) is 0 Å². The lowest BCUT2D eigenvalue weighted by Crippen LogP contribution is -1.97. The number of rotatable bonds is 3. The van der Waals surface area contributed by atoms with E-state index < -0.39 is 0 Å². The average Bonchev–Trinajstić information content (AvgIpc) is 2.40. The van der Waals surface area contributed by atoms with Crippen molar-refractivity contribution < 1.29 is 4.74 Å². The molecule has 0 aliphatic rings. The van der Waals surface area contributed by atoms with E-state index in [0.717, 1.165) is 5.56 Å². The Morgan fingerprint density at radius 3 is 2.88 bits per heavy atom. The second-order valence-electron chi connectivity index (χ2n) is 3.44. The third-order valence-corrected chi connectivity index (χ3v) is 2.26. The van der Waals surface area contributed by atoms with Crippen LogP contribution in [0.25, 0.3) is 0 Å². The molecular formula is C13H11N3O. The van der Waals surface area contributed by atoms with E-state index in [1.54, 1.807) is 36.7 Å². The number of hydrogen-bond acceptors (Lipinski definition) is 4. The molecule has 1 aromatic heterocycles. The third kappa shape index (κ3) is 2.60. The Bertz CT molecular complexity index is 546. The Kier molecular flexibility index (Phi) is 3.34. The summed E-state index contributed by atoms with van der Waals surface area (Å²) in [6, 6.07) is 11.0. The van der Waals surface area contributed by atoms with Crippen LogP contribution in [0.5, 0.6) is 11.5 Å². The SMILES string of the molecule is N#Cc1cc(CN)ccc1Oc1cccnc1. The number of benzene rings is 1. The molecule has 0 aliphatic heterocycles.